The van der Waals surface area contributed by atoms with Crippen LogP contribution in [0, 0.1) is 0 Å². The monoisotopic (exact) mass is 642 g/mol. The van der Waals surface area contributed by atoms with Crippen LogP contribution < -0.4 is 0 Å². The highest BCUT2D eigenvalue weighted by Crippen LogP contribution is 2.41. The first-order valence-corrected chi connectivity index (χ1v) is 16.4. The van der Waals surface area contributed by atoms with Crippen molar-refractivity contribution in [3.8, 4) is 0 Å². The Balaban J connectivity index is 1.36. The van der Waals surface area contributed by atoms with Gasteiger partial charge in [0.1, 0.15) is 30.0 Å². The standard InChI is InChI=1S/C42H42O6/c1-2-28-44-39-38(45-29-32-18-8-3-9-19-32)37(48-41(43)40(39)46-30-33-20-10-4-11-21-33)31-47-42(34-22-12-5-13-23-34,35-24-14-6-15-25-35)36-26-16-7-17-27-36/h2-27,37-41,43H,1,28-31H2/t37-,38-,39+,40+,41-/m1/s1. The quantitative estimate of drug-likeness (QED) is 0.0945. The van der Waals surface area contributed by atoms with Crippen LogP contribution >= 0.6 is 0 Å². The van der Waals surface area contributed by atoms with Crippen molar-refractivity contribution in [1.29, 1.82) is 0 Å². The topological polar surface area (TPSA) is 66.4 Å². The van der Waals surface area contributed by atoms with Gasteiger partial charge in [0.25, 0.3) is 0 Å². The van der Waals surface area contributed by atoms with Crippen molar-refractivity contribution in [3.05, 3.63) is 192 Å². The molecule has 1 aliphatic heterocycles. The van der Waals surface area contributed by atoms with Gasteiger partial charge >= 0.3 is 0 Å². The minimum absolute atomic E-state index is 0.0779. The van der Waals surface area contributed by atoms with E-state index >= 15 is 0 Å². The van der Waals surface area contributed by atoms with Crippen molar-refractivity contribution in [2.24, 2.45) is 0 Å². The molecule has 1 fully saturated rings. The number of hydrogen-bond donors (Lipinski definition) is 1. The molecule has 6 rings (SSSR count). The smallest absolute Gasteiger partial charge is 0.184 e. The van der Waals surface area contributed by atoms with E-state index in [4.69, 9.17) is 23.7 Å². The van der Waals surface area contributed by atoms with Crippen molar-refractivity contribution in [2.45, 2.75) is 49.5 Å². The molecule has 48 heavy (non-hydrogen) atoms. The fourth-order valence-electron chi connectivity index (χ4n) is 6.29. The van der Waals surface area contributed by atoms with Crippen LogP contribution in [0.15, 0.2) is 164 Å². The molecule has 1 heterocycles. The Morgan fingerprint density at radius 2 is 0.979 bits per heavy atom. The zero-order valence-electron chi connectivity index (χ0n) is 26.9. The third-order valence-corrected chi connectivity index (χ3v) is 8.59. The van der Waals surface area contributed by atoms with Gasteiger partial charge in [0.2, 0.25) is 0 Å². The Hall–Kier alpha value is -4.40. The fourth-order valence-corrected chi connectivity index (χ4v) is 6.29. The average molecular weight is 643 g/mol. The van der Waals surface area contributed by atoms with Crippen molar-refractivity contribution < 1.29 is 28.8 Å². The molecule has 0 aromatic heterocycles. The van der Waals surface area contributed by atoms with E-state index in [0.717, 1.165) is 27.8 Å². The van der Waals surface area contributed by atoms with Gasteiger partial charge in [-0.25, -0.2) is 0 Å². The first-order chi connectivity index (χ1) is 23.7. The molecule has 6 heteroatoms. The van der Waals surface area contributed by atoms with E-state index < -0.39 is 36.3 Å². The summed E-state index contributed by atoms with van der Waals surface area (Å²) in [5, 5.41) is 11.5. The van der Waals surface area contributed by atoms with Gasteiger partial charge in [-0.15, -0.1) is 6.58 Å². The molecular weight excluding hydrogens is 600 g/mol. The number of ether oxygens (including phenoxy) is 5. The average Bonchev–Trinajstić information content (AvgIpc) is 3.15. The van der Waals surface area contributed by atoms with E-state index in [1.165, 1.54) is 0 Å². The van der Waals surface area contributed by atoms with E-state index in [2.05, 4.69) is 43.0 Å². The molecule has 1 saturated heterocycles. The molecule has 5 aromatic carbocycles. The summed E-state index contributed by atoms with van der Waals surface area (Å²) in [4.78, 5) is 0. The second-order valence-corrected chi connectivity index (χ2v) is 11.8. The number of benzene rings is 5. The molecule has 1 aliphatic rings. The van der Waals surface area contributed by atoms with Crippen LogP contribution in [-0.4, -0.2) is 49.0 Å². The van der Waals surface area contributed by atoms with Gasteiger partial charge in [-0.2, -0.15) is 0 Å². The minimum atomic E-state index is -1.30. The van der Waals surface area contributed by atoms with Crippen molar-refractivity contribution in [1.82, 2.24) is 0 Å². The molecule has 0 saturated carbocycles. The van der Waals surface area contributed by atoms with Crippen LogP contribution in [0.25, 0.3) is 0 Å². The second-order valence-electron chi connectivity index (χ2n) is 11.8. The SMILES string of the molecule is C=CCO[C@@H]1[C@H](OCc2ccccc2)[C@H](O)O[C@H](COC(c2ccccc2)(c2ccccc2)c2ccccc2)[C@H]1OCc1ccccc1. The highest BCUT2D eigenvalue weighted by atomic mass is 16.7. The lowest BCUT2D eigenvalue weighted by Gasteiger charge is -2.45. The van der Waals surface area contributed by atoms with E-state index in [1.54, 1.807) is 6.08 Å². The van der Waals surface area contributed by atoms with Crippen molar-refractivity contribution in [2.75, 3.05) is 13.2 Å². The zero-order valence-corrected chi connectivity index (χ0v) is 26.9. The molecule has 6 nitrogen and oxygen atoms in total. The molecule has 0 bridgehead atoms. The predicted octanol–water partition coefficient (Wildman–Crippen LogP) is 7.45. The Labute approximate surface area is 283 Å². The summed E-state index contributed by atoms with van der Waals surface area (Å²) >= 11 is 0. The van der Waals surface area contributed by atoms with Gasteiger partial charge in [0, 0.05) is 0 Å². The maximum Gasteiger partial charge on any atom is 0.184 e. The van der Waals surface area contributed by atoms with Crippen molar-refractivity contribution >= 4 is 0 Å². The summed E-state index contributed by atoms with van der Waals surface area (Å²) < 4.78 is 32.8. The molecule has 0 aliphatic carbocycles. The molecule has 0 spiro atoms. The van der Waals surface area contributed by atoms with Crippen LogP contribution in [0.3, 0.4) is 0 Å². The molecule has 5 aromatic rings. The van der Waals surface area contributed by atoms with Crippen LogP contribution in [0.1, 0.15) is 27.8 Å². The summed E-state index contributed by atoms with van der Waals surface area (Å²) in [5.74, 6) is 0. The maximum atomic E-state index is 11.5. The summed E-state index contributed by atoms with van der Waals surface area (Å²) in [7, 11) is 0. The third-order valence-electron chi connectivity index (χ3n) is 8.59. The van der Waals surface area contributed by atoms with Gasteiger partial charge in [0.05, 0.1) is 26.4 Å². The summed E-state index contributed by atoms with van der Waals surface area (Å²) in [6.45, 7) is 4.76. The second kappa shape index (κ2) is 16.6. The van der Waals surface area contributed by atoms with E-state index in [1.807, 2.05) is 115 Å². The van der Waals surface area contributed by atoms with Gasteiger partial charge < -0.3 is 28.8 Å². The van der Waals surface area contributed by atoms with Crippen LogP contribution in [0.4, 0.5) is 0 Å². The van der Waals surface area contributed by atoms with Crippen LogP contribution in [0.5, 0.6) is 0 Å². The largest absolute Gasteiger partial charge is 0.368 e. The zero-order chi connectivity index (χ0) is 33.0. The molecule has 0 unspecified atom stereocenters. The first-order valence-electron chi connectivity index (χ1n) is 16.4. The fraction of sp³-hybridized carbons (Fsp3) is 0.238. The molecule has 1 N–H and O–H groups in total. The molecule has 5 atom stereocenters. The number of aliphatic hydroxyl groups is 1. The molecule has 0 radical (unpaired) electrons. The Morgan fingerprint density at radius 1 is 0.562 bits per heavy atom. The summed E-state index contributed by atoms with van der Waals surface area (Å²) in [5.41, 5.74) is 3.87. The lowest BCUT2D eigenvalue weighted by Crippen LogP contribution is -2.61. The first kappa shape index (κ1) is 33.5. The normalized spacial score (nSPS) is 21.1. The van der Waals surface area contributed by atoms with E-state index in [9.17, 15) is 5.11 Å². The summed E-state index contributed by atoms with van der Waals surface area (Å²) in [6.07, 6.45) is -2.51. The van der Waals surface area contributed by atoms with Crippen molar-refractivity contribution in [3.63, 3.8) is 0 Å². The van der Waals surface area contributed by atoms with Gasteiger partial charge in [0.15, 0.2) is 6.29 Å². The maximum absolute atomic E-state index is 11.5. The van der Waals surface area contributed by atoms with Crippen LogP contribution in [-0.2, 0) is 42.5 Å². The Morgan fingerprint density at radius 3 is 1.42 bits per heavy atom. The van der Waals surface area contributed by atoms with Gasteiger partial charge in [-0.05, 0) is 27.8 Å². The van der Waals surface area contributed by atoms with Gasteiger partial charge in [-0.3, -0.25) is 0 Å². The van der Waals surface area contributed by atoms with E-state index in [0.29, 0.717) is 6.61 Å². The lowest BCUT2D eigenvalue weighted by molar-refractivity contribution is -0.316. The lowest BCUT2D eigenvalue weighted by atomic mass is 9.80. The highest BCUT2D eigenvalue weighted by molar-refractivity contribution is 5.47. The Kier molecular flexibility index (Phi) is 11.6. The summed E-state index contributed by atoms with van der Waals surface area (Å²) in [6, 6.07) is 50.3. The predicted molar refractivity (Wildman–Crippen MR) is 186 cm³/mol. The molecular formula is C42H42O6. The van der Waals surface area contributed by atoms with E-state index in [-0.39, 0.29) is 19.8 Å². The van der Waals surface area contributed by atoms with Gasteiger partial charge in [-0.1, -0.05) is 158 Å². The number of rotatable bonds is 15. The molecule has 246 valence electrons. The third kappa shape index (κ3) is 7.83. The minimum Gasteiger partial charge on any atom is -0.368 e. The Bertz CT molecular complexity index is 1550. The number of aliphatic hydroxyl groups excluding tert-OH is 1. The molecule has 0 amide bonds. The highest BCUT2D eigenvalue weighted by Gasteiger charge is 2.49. The number of hydrogen-bond acceptors (Lipinski definition) is 6. The van der Waals surface area contributed by atoms with Crippen LogP contribution in [0.2, 0.25) is 0 Å².